The van der Waals surface area contributed by atoms with E-state index in [9.17, 15) is 32.8 Å². The van der Waals surface area contributed by atoms with Crippen LogP contribution in [0.1, 0.15) is 28.5 Å². The number of imidazole rings is 1. The van der Waals surface area contributed by atoms with Gasteiger partial charge in [0.25, 0.3) is 0 Å². The van der Waals surface area contributed by atoms with Crippen LogP contribution in [0.3, 0.4) is 0 Å². The lowest BCUT2D eigenvalue weighted by atomic mass is 10.1. The van der Waals surface area contributed by atoms with Crippen molar-refractivity contribution in [3.05, 3.63) is 111 Å². The van der Waals surface area contributed by atoms with Crippen LogP contribution in [-0.2, 0) is 19.0 Å². The molecule has 5 rings (SSSR count). The number of aromatic nitrogens is 3. The number of aromatic hydroxyl groups is 1. The fourth-order valence-corrected chi connectivity index (χ4v) is 3.95. The highest BCUT2D eigenvalue weighted by molar-refractivity contribution is 5.66. The lowest BCUT2D eigenvalue weighted by Crippen LogP contribution is -2.02. The third-order valence-electron chi connectivity index (χ3n) is 5.67. The van der Waals surface area contributed by atoms with Gasteiger partial charge in [-0.25, -0.2) is 9.97 Å². The minimum absolute atomic E-state index is 0.00348. The van der Waals surface area contributed by atoms with Gasteiger partial charge in [-0.3, -0.25) is 14.5 Å². The van der Waals surface area contributed by atoms with Gasteiger partial charge in [-0.1, -0.05) is 36.4 Å². The molecule has 0 saturated heterocycles. The summed E-state index contributed by atoms with van der Waals surface area (Å²) in [5.74, 6) is -2.77. The molecule has 5 aromatic rings. The number of benzene rings is 2. The number of alkyl halides is 3. The molecular formula is C25H16F4N4O4. The zero-order valence-corrected chi connectivity index (χ0v) is 18.7. The van der Waals surface area contributed by atoms with Gasteiger partial charge in [-0.15, -0.1) is 0 Å². The van der Waals surface area contributed by atoms with Gasteiger partial charge >= 0.3 is 11.9 Å². The molecule has 0 spiro atoms. The highest BCUT2D eigenvalue weighted by Gasteiger charge is 2.35. The number of fused-ring (bicyclic) bond motifs is 1. The van der Waals surface area contributed by atoms with Crippen LogP contribution in [0.15, 0.2) is 71.3 Å². The zero-order chi connectivity index (χ0) is 26.3. The molecule has 0 aliphatic heterocycles. The Morgan fingerprint density at radius 2 is 1.73 bits per heavy atom. The second-order valence-electron chi connectivity index (χ2n) is 8.15. The van der Waals surface area contributed by atoms with E-state index in [2.05, 4.69) is 9.97 Å². The summed E-state index contributed by atoms with van der Waals surface area (Å²) in [6, 6.07) is 14.7. The van der Waals surface area contributed by atoms with Crippen LogP contribution >= 0.6 is 0 Å². The van der Waals surface area contributed by atoms with Crippen molar-refractivity contribution in [2.75, 3.05) is 0 Å². The molecular weight excluding hydrogens is 496 g/mol. The molecule has 2 aromatic carbocycles. The summed E-state index contributed by atoms with van der Waals surface area (Å²) in [7, 11) is 0. The number of furan rings is 1. The predicted octanol–water partition coefficient (Wildman–Crippen LogP) is 5.94. The van der Waals surface area contributed by atoms with E-state index in [1.165, 1.54) is 22.7 Å². The summed E-state index contributed by atoms with van der Waals surface area (Å²) in [6.07, 6.45) is -3.44. The molecule has 0 fully saturated rings. The molecule has 0 radical (unpaired) electrons. The second kappa shape index (κ2) is 9.04. The number of nitro benzene ring substituents is 1. The molecule has 0 aliphatic carbocycles. The Morgan fingerprint density at radius 3 is 2.41 bits per heavy atom. The molecule has 3 aromatic heterocycles. The summed E-state index contributed by atoms with van der Waals surface area (Å²) >= 11 is 0. The number of rotatable bonds is 6. The maximum absolute atomic E-state index is 15.0. The van der Waals surface area contributed by atoms with Gasteiger partial charge in [0.05, 0.1) is 22.7 Å². The van der Waals surface area contributed by atoms with Crippen LogP contribution in [0.5, 0.6) is 5.88 Å². The van der Waals surface area contributed by atoms with E-state index in [0.29, 0.717) is 5.69 Å². The molecule has 1 N–H and O–H groups in total. The predicted molar refractivity (Wildman–Crippen MR) is 122 cm³/mol. The quantitative estimate of drug-likeness (QED) is 0.171. The molecule has 8 nitrogen and oxygen atoms in total. The van der Waals surface area contributed by atoms with E-state index in [0.717, 1.165) is 23.8 Å². The van der Waals surface area contributed by atoms with E-state index < -0.39 is 34.2 Å². The fraction of sp³-hybridized carbons (Fsp3) is 0.120. The van der Waals surface area contributed by atoms with Crippen molar-refractivity contribution >= 4 is 11.3 Å². The molecule has 37 heavy (non-hydrogen) atoms. The molecule has 0 amide bonds. The Bertz CT molecular complexity index is 1630. The molecule has 0 unspecified atom stereocenters. The Kier molecular flexibility index (Phi) is 5.86. The average molecular weight is 512 g/mol. The average Bonchev–Trinajstić information content (AvgIpc) is 3.45. The highest BCUT2D eigenvalue weighted by atomic mass is 19.4. The van der Waals surface area contributed by atoms with E-state index >= 15 is 0 Å². The molecule has 0 atom stereocenters. The first-order valence-corrected chi connectivity index (χ1v) is 10.8. The van der Waals surface area contributed by atoms with Gasteiger partial charge in [0.1, 0.15) is 11.5 Å². The van der Waals surface area contributed by atoms with Gasteiger partial charge < -0.3 is 9.52 Å². The molecule has 0 bridgehead atoms. The minimum atomic E-state index is -4.66. The largest absolute Gasteiger partial charge is 0.493 e. The van der Waals surface area contributed by atoms with Crippen LogP contribution in [0.4, 0.5) is 23.2 Å². The summed E-state index contributed by atoms with van der Waals surface area (Å²) in [4.78, 5) is 19.3. The van der Waals surface area contributed by atoms with Crippen molar-refractivity contribution in [1.82, 2.24) is 14.4 Å². The minimum Gasteiger partial charge on any atom is -0.493 e. The number of nitro groups is 1. The number of halogens is 4. The summed E-state index contributed by atoms with van der Waals surface area (Å²) in [5, 5.41) is 22.1. The Hall–Kier alpha value is -4.74. The van der Waals surface area contributed by atoms with Gasteiger partial charge in [0.2, 0.25) is 17.5 Å². The van der Waals surface area contributed by atoms with E-state index in [-0.39, 0.29) is 41.2 Å². The van der Waals surface area contributed by atoms with E-state index in [1.807, 2.05) is 18.2 Å². The van der Waals surface area contributed by atoms with E-state index in [1.54, 1.807) is 12.1 Å². The molecule has 12 heteroatoms. The standard InChI is InChI=1S/C25H16F4N4O4/c26-22-16(7-4-8-20(22)33(35)36)19-13-32-23(17(30-19)11-14-5-2-1-3-6-14)31-18(24(32)34)12-15-9-10-21(37-15)25(27,28)29/h1-10,13,34H,11-12H2. The lowest BCUT2D eigenvalue weighted by molar-refractivity contribution is -0.387. The van der Waals surface area contributed by atoms with Crippen molar-refractivity contribution in [3.8, 4) is 17.1 Å². The van der Waals surface area contributed by atoms with Crippen molar-refractivity contribution in [1.29, 1.82) is 0 Å². The van der Waals surface area contributed by atoms with Crippen molar-refractivity contribution in [2.45, 2.75) is 19.0 Å². The first-order chi connectivity index (χ1) is 17.6. The SMILES string of the molecule is O=[N+]([O-])c1cccc(-c2cn3c(O)c(Cc4ccc(C(F)(F)F)o4)nc3c(Cc3ccccc3)n2)c1F. The highest BCUT2D eigenvalue weighted by Crippen LogP contribution is 2.34. The monoisotopic (exact) mass is 512 g/mol. The van der Waals surface area contributed by atoms with E-state index in [4.69, 9.17) is 4.42 Å². The third kappa shape index (κ3) is 4.60. The summed E-state index contributed by atoms with van der Waals surface area (Å²) in [5.41, 5.74) is 0.421. The maximum atomic E-state index is 15.0. The van der Waals surface area contributed by atoms with Crippen molar-refractivity contribution in [3.63, 3.8) is 0 Å². The van der Waals surface area contributed by atoms with Crippen LogP contribution in [0, 0.1) is 15.9 Å². The normalized spacial score (nSPS) is 11.8. The summed E-state index contributed by atoms with van der Waals surface area (Å²) in [6.45, 7) is 0. The van der Waals surface area contributed by atoms with Crippen LogP contribution in [0.25, 0.3) is 16.9 Å². The van der Waals surface area contributed by atoms with Crippen molar-refractivity contribution < 1.29 is 32.0 Å². The molecule has 188 valence electrons. The number of nitrogens with zero attached hydrogens (tertiary/aromatic N) is 4. The number of hydrogen-bond donors (Lipinski definition) is 1. The van der Waals surface area contributed by atoms with Gasteiger partial charge in [0, 0.05) is 24.2 Å². The Balaban J connectivity index is 1.65. The molecule has 3 heterocycles. The lowest BCUT2D eigenvalue weighted by Gasteiger charge is -2.09. The van der Waals surface area contributed by atoms with Gasteiger partial charge in [-0.05, 0) is 23.8 Å². The van der Waals surface area contributed by atoms with Gasteiger partial charge in [-0.2, -0.15) is 17.6 Å². The topological polar surface area (TPSA) is 107 Å². The second-order valence-corrected chi connectivity index (χ2v) is 8.15. The Labute approximate surface area is 205 Å². The first kappa shape index (κ1) is 24.0. The van der Waals surface area contributed by atoms with Crippen LogP contribution in [0.2, 0.25) is 0 Å². The fourth-order valence-electron chi connectivity index (χ4n) is 3.95. The molecule has 0 aliphatic rings. The first-order valence-electron chi connectivity index (χ1n) is 10.8. The smallest absolute Gasteiger partial charge is 0.449 e. The zero-order valence-electron chi connectivity index (χ0n) is 18.7. The third-order valence-corrected chi connectivity index (χ3v) is 5.67. The maximum Gasteiger partial charge on any atom is 0.449 e. The Morgan fingerprint density at radius 1 is 0.973 bits per heavy atom. The van der Waals surface area contributed by atoms with Crippen LogP contribution < -0.4 is 0 Å². The van der Waals surface area contributed by atoms with Crippen LogP contribution in [-0.4, -0.2) is 24.4 Å². The number of hydrogen-bond acceptors (Lipinski definition) is 6. The summed E-state index contributed by atoms with van der Waals surface area (Å²) < 4.78 is 59.8. The molecule has 0 saturated carbocycles. The van der Waals surface area contributed by atoms with Gasteiger partial charge in [0.15, 0.2) is 5.65 Å². The van der Waals surface area contributed by atoms with Crippen molar-refractivity contribution in [2.24, 2.45) is 0 Å².